The van der Waals surface area contributed by atoms with Crippen LogP contribution in [0.15, 0.2) is 83.2 Å². The van der Waals surface area contributed by atoms with Crippen LogP contribution >= 0.6 is 11.3 Å². The Labute approximate surface area is 197 Å². The number of methoxy groups -OCH3 is 2. The number of thiophene rings is 1. The minimum Gasteiger partial charge on any atom is -0.496 e. The fourth-order valence-electron chi connectivity index (χ4n) is 3.95. The van der Waals surface area contributed by atoms with Crippen molar-refractivity contribution in [3.8, 4) is 33.4 Å². The summed E-state index contributed by atoms with van der Waals surface area (Å²) in [5.74, 6) is 2.86. The smallest absolute Gasteiger partial charge is 0.141 e. The van der Waals surface area contributed by atoms with Crippen LogP contribution in [0.1, 0.15) is 5.56 Å². The lowest BCUT2D eigenvalue weighted by Gasteiger charge is -2.28. The summed E-state index contributed by atoms with van der Waals surface area (Å²) in [4.78, 5) is 8.02. The maximum Gasteiger partial charge on any atom is 0.141 e. The highest BCUT2D eigenvalue weighted by Gasteiger charge is 2.19. The van der Waals surface area contributed by atoms with Gasteiger partial charge in [0.15, 0.2) is 0 Å². The summed E-state index contributed by atoms with van der Waals surface area (Å²) in [6.07, 6.45) is 1.96. The highest BCUT2D eigenvalue weighted by atomic mass is 32.1. The summed E-state index contributed by atoms with van der Waals surface area (Å²) in [5.41, 5.74) is 4.25. The van der Waals surface area contributed by atoms with E-state index in [1.165, 1.54) is 0 Å². The molecule has 0 atom stereocenters. The van der Waals surface area contributed by atoms with Crippen molar-refractivity contribution < 1.29 is 14.2 Å². The molecule has 0 amide bonds. The Morgan fingerprint density at radius 2 is 1.67 bits per heavy atom. The van der Waals surface area contributed by atoms with Gasteiger partial charge in [-0.05, 0) is 29.6 Å². The molecule has 5 rings (SSSR count). The van der Waals surface area contributed by atoms with Crippen molar-refractivity contribution in [2.45, 2.75) is 6.54 Å². The van der Waals surface area contributed by atoms with Crippen molar-refractivity contribution in [2.75, 3.05) is 25.7 Å². The lowest BCUT2D eigenvalue weighted by Crippen LogP contribution is -2.27. The van der Waals surface area contributed by atoms with Crippen molar-refractivity contribution in [1.29, 1.82) is 0 Å². The van der Waals surface area contributed by atoms with Gasteiger partial charge < -0.3 is 19.1 Å². The van der Waals surface area contributed by atoms with Gasteiger partial charge in [0.25, 0.3) is 0 Å². The quantitative estimate of drug-likeness (QED) is 0.302. The molecule has 0 radical (unpaired) electrons. The molecule has 0 bridgehead atoms. The van der Waals surface area contributed by atoms with Gasteiger partial charge in [-0.1, -0.05) is 30.3 Å². The van der Waals surface area contributed by atoms with E-state index in [0.717, 1.165) is 39.7 Å². The van der Waals surface area contributed by atoms with Gasteiger partial charge in [0.2, 0.25) is 0 Å². The van der Waals surface area contributed by atoms with Gasteiger partial charge in [0, 0.05) is 47.0 Å². The Bertz CT molecular complexity index is 1260. The molecule has 5 nitrogen and oxygen atoms in total. The minimum absolute atomic E-state index is 0.664. The van der Waals surface area contributed by atoms with E-state index in [1.54, 1.807) is 25.6 Å². The van der Waals surface area contributed by atoms with Gasteiger partial charge >= 0.3 is 0 Å². The molecule has 1 aliphatic heterocycles. The van der Waals surface area contributed by atoms with Crippen LogP contribution in [-0.4, -0.2) is 27.0 Å². The van der Waals surface area contributed by atoms with Gasteiger partial charge in [-0.15, -0.1) is 11.3 Å². The van der Waals surface area contributed by atoms with Gasteiger partial charge in [-0.25, -0.2) is 0 Å². The predicted octanol–water partition coefficient (Wildman–Crippen LogP) is 6.95. The molecule has 0 fully saturated rings. The summed E-state index contributed by atoms with van der Waals surface area (Å²) >= 11 is 1.70. The third kappa shape index (κ3) is 4.43. The molecule has 4 aromatic rings. The van der Waals surface area contributed by atoms with Crippen molar-refractivity contribution in [3.05, 3.63) is 83.7 Å². The third-order valence-corrected chi connectivity index (χ3v) is 6.45. The number of fused-ring (bicyclic) bond motifs is 1. The maximum atomic E-state index is 6.57. The fraction of sp³-hybridized carbons (Fsp3) is 0.148. The average Bonchev–Trinajstić information content (AvgIpc) is 3.40. The number of para-hydroxylation sites is 3. The highest BCUT2D eigenvalue weighted by molar-refractivity contribution is 7.13. The van der Waals surface area contributed by atoms with E-state index >= 15 is 0 Å². The van der Waals surface area contributed by atoms with E-state index in [1.807, 2.05) is 36.5 Å². The Kier molecular flexibility index (Phi) is 6.00. The minimum atomic E-state index is 0.664. The number of rotatable bonds is 7. The van der Waals surface area contributed by atoms with Crippen molar-refractivity contribution >= 4 is 28.9 Å². The summed E-state index contributed by atoms with van der Waals surface area (Å²) in [6.45, 7) is 1.44. The van der Waals surface area contributed by atoms with E-state index < -0.39 is 0 Å². The number of anilines is 1. The Balaban J connectivity index is 1.57. The van der Waals surface area contributed by atoms with Gasteiger partial charge in [-0.3, -0.25) is 4.99 Å². The Morgan fingerprint density at radius 3 is 2.42 bits per heavy atom. The number of nitrogens with zero attached hydrogens (tertiary/aromatic N) is 2. The lowest BCUT2D eigenvalue weighted by atomic mass is 10.1. The Morgan fingerprint density at radius 1 is 0.879 bits per heavy atom. The molecule has 0 aliphatic carbocycles. The first-order chi connectivity index (χ1) is 16.2. The highest BCUT2D eigenvalue weighted by Crippen LogP contribution is 2.41. The predicted molar refractivity (Wildman–Crippen MR) is 135 cm³/mol. The summed E-state index contributed by atoms with van der Waals surface area (Å²) in [6, 6.07) is 24.3. The van der Waals surface area contributed by atoms with Gasteiger partial charge in [-0.2, -0.15) is 0 Å². The molecule has 2 heterocycles. The molecule has 0 N–H and O–H groups in total. The summed E-state index contributed by atoms with van der Waals surface area (Å²) < 4.78 is 17.5. The van der Waals surface area contributed by atoms with E-state index in [0.29, 0.717) is 23.8 Å². The Hall–Kier alpha value is -3.77. The van der Waals surface area contributed by atoms with Crippen LogP contribution in [-0.2, 0) is 6.54 Å². The van der Waals surface area contributed by atoms with Crippen LogP contribution in [0.3, 0.4) is 0 Å². The van der Waals surface area contributed by atoms with Crippen LogP contribution in [0.2, 0.25) is 0 Å². The molecule has 0 unspecified atom stereocenters. The third-order valence-electron chi connectivity index (χ3n) is 5.54. The van der Waals surface area contributed by atoms with Crippen molar-refractivity contribution in [1.82, 2.24) is 0 Å². The SMILES string of the molecule is COc1cc(OC)cc(Oc2c(CN3CC=Nc4ccccc43)cccc2-c2cccs2)c1. The molecular weight excluding hydrogens is 432 g/mol. The summed E-state index contributed by atoms with van der Waals surface area (Å²) in [7, 11) is 3.28. The molecule has 3 aromatic carbocycles. The lowest BCUT2D eigenvalue weighted by molar-refractivity contribution is 0.386. The van der Waals surface area contributed by atoms with Crippen LogP contribution in [0, 0.1) is 0 Å². The number of benzene rings is 3. The van der Waals surface area contributed by atoms with E-state index in [9.17, 15) is 0 Å². The molecule has 1 aliphatic rings. The maximum absolute atomic E-state index is 6.57. The molecule has 0 saturated carbocycles. The zero-order valence-corrected chi connectivity index (χ0v) is 19.3. The molecule has 166 valence electrons. The second-order valence-electron chi connectivity index (χ2n) is 7.60. The molecule has 0 spiro atoms. The first-order valence-electron chi connectivity index (χ1n) is 10.7. The molecule has 0 saturated heterocycles. The molecule has 33 heavy (non-hydrogen) atoms. The second kappa shape index (κ2) is 9.38. The van der Waals surface area contributed by atoms with Crippen LogP contribution < -0.4 is 19.1 Å². The largest absolute Gasteiger partial charge is 0.496 e. The fourth-order valence-corrected chi connectivity index (χ4v) is 4.69. The monoisotopic (exact) mass is 456 g/mol. The topological polar surface area (TPSA) is 43.3 Å². The van der Waals surface area contributed by atoms with Gasteiger partial charge in [0.1, 0.15) is 23.0 Å². The first-order valence-corrected chi connectivity index (χ1v) is 11.6. The van der Waals surface area contributed by atoms with Crippen LogP contribution in [0.25, 0.3) is 10.4 Å². The molecular formula is C27H24N2O3S. The zero-order valence-electron chi connectivity index (χ0n) is 18.5. The summed E-state index contributed by atoms with van der Waals surface area (Å²) in [5, 5.41) is 2.08. The average molecular weight is 457 g/mol. The second-order valence-corrected chi connectivity index (χ2v) is 8.55. The number of aliphatic imine (C=N–C) groups is 1. The number of ether oxygens (including phenoxy) is 3. The van der Waals surface area contributed by atoms with Gasteiger partial charge in [0.05, 0.1) is 32.1 Å². The van der Waals surface area contributed by atoms with Crippen molar-refractivity contribution in [2.24, 2.45) is 4.99 Å². The number of hydrogen-bond acceptors (Lipinski definition) is 6. The van der Waals surface area contributed by atoms with E-state index in [-0.39, 0.29) is 0 Å². The molecule has 6 heteroatoms. The van der Waals surface area contributed by atoms with Crippen LogP contribution in [0.4, 0.5) is 11.4 Å². The normalized spacial score (nSPS) is 12.4. The standard InChI is InChI=1S/C27H24N2O3S/c1-30-20-15-21(31-2)17-22(16-20)32-27-19(7-5-8-23(27)26-11-6-14-33-26)18-29-13-12-28-24-9-3-4-10-25(24)29/h3-12,14-17H,13,18H2,1-2H3. The zero-order chi connectivity index (χ0) is 22.6. The van der Waals surface area contributed by atoms with Crippen LogP contribution in [0.5, 0.6) is 23.0 Å². The molecule has 1 aromatic heterocycles. The van der Waals surface area contributed by atoms with Crippen molar-refractivity contribution in [3.63, 3.8) is 0 Å². The van der Waals surface area contributed by atoms with E-state index in [2.05, 4.69) is 57.7 Å². The number of hydrogen-bond donors (Lipinski definition) is 0. The van der Waals surface area contributed by atoms with E-state index in [4.69, 9.17) is 14.2 Å². The first kappa shape index (κ1) is 21.1.